The average molecular weight is 339 g/mol. The quantitative estimate of drug-likeness (QED) is 0.471. The van der Waals surface area contributed by atoms with E-state index in [2.05, 4.69) is 29.5 Å². The lowest BCUT2D eigenvalue weighted by atomic mass is 9.78. The average Bonchev–Trinajstić information content (AvgIpc) is 2.72. The SMILES string of the molecule is CN=C(NC)NCC(C)(C)C1CCCC1.I. The molecule has 0 unspecified atom stereocenters. The van der Waals surface area contributed by atoms with Gasteiger partial charge in [-0.2, -0.15) is 0 Å². The van der Waals surface area contributed by atoms with Gasteiger partial charge in [0.2, 0.25) is 0 Å². The second-order valence-electron chi connectivity index (χ2n) is 5.15. The zero-order valence-corrected chi connectivity index (χ0v) is 13.3. The molecule has 0 amide bonds. The monoisotopic (exact) mass is 339 g/mol. The highest BCUT2D eigenvalue weighted by atomic mass is 127. The fourth-order valence-corrected chi connectivity index (χ4v) is 2.44. The van der Waals surface area contributed by atoms with Gasteiger partial charge in [0.05, 0.1) is 0 Å². The highest BCUT2D eigenvalue weighted by molar-refractivity contribution is 14.0. The van der Waals surface area contributed by atoms with Gasteiger partial charge in [-0.15, -0.1) is 24.0 Å². The highest BCUT2D eigenvalue weighted by Crippen LogP contribution is 2.38. The van der Waals surface area contributed by atoms with Crippen LogP contribution in [0, 0.1) is 11.3 Å². The number of nitrogens with zero attached hydrogens (tertiary/aromatic N) is 1. The second-order valence-corrected chi connectivity index (χ2v) is 5.15. The van der Waals surface area contributed by atoms with Gasteiger partial charge in [-0.25, -0.2) is 0 Å². The highest BCUT2D eigenvalue weighted by Gasteiger charge is 2.31. The summed E-state index contributed by atoms with van der Waals surface area (Å²) in [5.74, 6) is 1.76. The summed E-state index contributed by atoms with van der Waals surface area (Å²) in [4.78, 5) is 4.13. The van der Waals surface area contributed by atoms with Gasteiger partial charge in [0.1, 0.15) is 0 Å². The Kier molecular flexibility index (Phi) is 7.35. The fraction of sp³-hybridized carbons (Fsp3) is 0.917. The molecule has 0 aliphatic heterocycles. The van der Waals surface area contributed by atoms with Gasteiger partial charge < -0.3 is 10.6 Å². The van der Waals surface area contributed by atoms with Crippen molar-refractivity contribution in [1.29, 1.82) is 0 Å². The maximum atomic E-state index is 4.13. The van der Waals surface area contributed by atoms with Crippen LogP contribution in [0.25, 0.3) is 0 Å². The number of nitrogens with one attached hydrogen (secondary N) is 2. The Morgan fingerprint density at radius 1 is 1.31 bits per heavy atom. The fourth-order valence-electron chi connectivity index (χ4n) is 2.44. The van der Waals surface area contributed by atoms with E-state index in [-0.39, 0.29) is 24.0 Å². The molecule has 0 spiro atoms. The summed E-state index contributed by atoms with van der Waals surface area (Å²) < 4.78 is 0. The van der Waals surface area contributed by atoms with Gasteiger partial charge in [-0.1, -0.05) is 26.7 Å². The minimum Gasteiger partial charge on any atom is -0.359 e. The first-order chi connectivity index (χ1) is 7.10. The van der Waals surface area contributed by atoms with Crippen LogP contribution in [-0.4, -0.2) is 26.6 Å². The van der Waals surface area contributed by atoms with Crippen LogP contribution in [0.4, 0.5) is 0 Å². The van der Waals surface area contributed by atoms with Gasteiger partial charge in [0.15, 0.2) is 5.96 Å². The van der Waals surface area contributed by atoms with E-state index < -0.39 is 0 Å². The molecular weight excluding hydrogens is 313 g/mol. The molecule has 0 saturated heterocycles. The molecule has 2 N–H and O–H groups in total. The first-order valence-electron chi connectivity index (χ1n) is 5.98. The lowest BCUT2D eigenvalue weighted by Gasteiger charge is -2.32. The summed E-state index contributed by atoms with van der Waals surface area (Å²) in [7, 11) is 3.71. The Morgan fingerprint density at radius 2 is 1.88 bits per heavy atom. The number of guanidine groups is 1. The van der Waals surface area contributed by atoms with Crippen LogP contribution in [0.1, 0.15) is 39.5 Å². The molecule has 1 fully saturated rings. The lowest BCUT2D eigenvalue weighted by molar-refractivity contribution is 0.218. The van der Waals surface area contributed by atoms with Crippen LogP contribution in [0.15, 0.2) is 4.99 Å². The van der Waals surface area contributed by atoms with Gasteiger partial charge in [-0.3, -0.25) is 4.99 Å². The molecule has 0 radical (unpaired) electrons. The van der Waals surface area contributed by atoms with Crippen molar-refractivity contribution in [2.75, 3.05) is 20.6 Å². The maximum Gasteiger partial charge on any atom is 0.190 e. The van der Waals surface area contributed by atoms with Crippen molar-refractivity contribution in [3.8, 4) is 0 Å². The first-order valence-corrected chi connectivity index (χ1v) is 5.98. The molecule has 4 heteroatoms. The van der Waals surface area contributed by atoms with Gasteiger partial charge in [-0.05, 0) is 24.2 Å². The lowest BCUT2D eigenvalue weighted by Crippen LogP contribution is -2.42. The van der Waals surface area contributed by atoms with Crippen molar-refractivity contribution in [1.82, 2.24) is 10.6 Å². The Labute approximate surface area is 117 Å². The van der Waals surface area contributed by atoms with E-state index in [0.717, 1.165) is 18.4 Å². The van der Waals surface area contributed by atoms with Crippen molar-refractivity contribution in [2.45, 2.75) is 39.5 Å². The van der Waals surface area contributed by atoms with Crippen molar-refractivity contribution in [3.05, 3.63) is 0 Å². The van der Waals surface area contributed by atoms with E-state index in [0.29, 0.717) is 5.41 Å². The number of hydrogen-bond acceptors (Lipinski definition) is 1. The summed E-state index contributed by atoms with van der Waals surface area (Å²) in [5, 5.41) is 6.43. The van der Waals surface area contributed by atoms with Crippen molar-refractivity contribution in [2.24, 2.45) is 16.3 Å². The molecule has 1 aliphatic rings. The molecule has 96 valence electrons. The number of halogens is 1. The largest absolute Gasteiger partial charge is 0.359 e. The molecule has 0 aromatic rings. The third kappa shape index (κ3) is 4.47. The molecule has 0 atom stereocenters. The zero-order chi connectivity index (χ0) is 11.3. The molecule has 0 aromatic heterocycles. The maximum absolute atomic E-state index is 4.13. The Morgan fingerprint density at radius 3 is 2.31 bits per heavy atom. The van der Waals surface area contributed by atoms with Crippen LogP contribution in [0.3, 0.4) is 0 Å². The third-order valence-corrected chi connectivity index (χ3v) is 3.63. The molecule has 1 rings (SSSR count). The number of hydrogen-bond donors (Lipinski definition) is 2. The summed E-state index contributed by atoms with van der Waals surface area (Å²) in [6, 6.07) is 0. The number of aliphatic imine (C=N–C) groups is 1. The molecule has 1 saturated carbocycles. The standard InChI is InChI=1S/C12H25N3.HI/c1-12(2,10-7-5-6-8-10)9-15-11(13-3)14-4;/h10H,5-9H2,1-4H3,(H2,13,14,15);1H. The molecule has 0 bridgehead atoms. The van der Waals surface area contributed by atoms with E-state index in [1.165, 1.54) is 25.7 Å². The molecule has 3 nitrogen and oxygen atoms in total. The Bertz CT molecular complexity index is 220. The van der Waals surface area contributed by atoms with Gasteiger partial charge >= 0.3 is 0 Å². The molecule has 16 heavy (non-hydrogen) atoms. The van der Waals surface area contributed by atoms with Crippen LogP contribution in [0.5, 0.6) is 0 Å². The minimum absolute atomic E-state index is 0. The normalized spacial score (nSPS) is 18.1. The Hall–Kier alpha value is 0. The topological polar surface area (TPSA) is 36.4 Å². The summed E-state index contributed by atoms with van der Waals surface area (Å²) in [6.45, 7) is 5.73. The van der Waals surface area contributed by atoms with E-state index in [4.69, 9.17) is 0 Å². The Balaban J connectivity index is 0.00000225. The van der Waals surface area contributed by atoms with Crippen LogP contribution >= 0.6 is 24.0 Å². The molecule has 0 aromatic carbocycles. The summed E-state index contributed by atoms with van der Waals surface area (Å²) >= 11 is 0. The van der Waals surface area contributed by atoms with Crippen LogP contribution < -0.4 is 10.6 Å². The van der Waals surface area contributed by atoms with Crippen molar-refractivity contribution >= 4 is 29.9 Å². The predicted octanol–water partition coefficient (Wildman–Crippen LogP) is 2.62. The predicted molar refractivity (Wildman–Crippen MR) is 81.6 cm³/mol. The summed E-state index contributed by atoms with van der Waals surface area (Å²) in [6.07, 6.45) is 5.61. The second kappa shape index (κ2) is 7.35. The smallest absolute Gasteiger partial charge is 0.190 e. The van der Waals surface area contributed by atoms with Crippen LogP contribution in [0.2, 0.25) is 0 Å². The molecule has 1 aliphatic carbocycles. The van der Waals surface area contributed by atoms with Crippen molar-refractivity contribution < 1.29 is 0 Å². The minimum atomic E-state index is 0. The molecule has 0 heterocycles. The van der Waals surface area contributed by atoms with Gasteiger partial charge in [0, 0.05) is 20.6 Å². The van der Waals surface area contributed by atoms with Crippen LogP contribution in [-0.2, 0) is 0 Å². The third-order valence-electron chi connectivity index (χ3n) is 3.63. The number of rotatable bonds is 3. The van der Waals surface area contributed by atoms with E-state index >= 15 is 0 Å². The molecular formula is C12H26IN3. The summed E-state index contributed by atoms with van der Waals surface area (Å²) in [5.41, 5.74) is 0.378. The van der Waals surface area contributed by atoms with E-state index in [9.17, 15) is 0 Å². The zero-order valence-electron chi connectivity index (χ0n) is 11.0. The van der Waals surface area contributed by atoms with Crippen molar-refractivity contribution in [3.63, 3.8) is 0 Å². The van der Waals surface area contributed by atoms with E-state index in [1.54, 1.807) is 7.05 Å². The first kappa shape index (κ1) is 16.0. The van der Waals surface area contributed by atoms with E-state index in [1.807, 2.05) is 7.05 Å². The van der Waals surface area contributed by atoms with Gasteiger partial charge in [0.25, 0.3) is 0 Å².